The molecule has 0 saturated carbocycles. The minimum atomic E-state index is -0.251. The van der Waals surface area contributed by atoms with Gasteiger partial charge >= 0.3 is 5.97 Å². The van der Waals surface area contributed by atoms with E-state index < -0.39 is 0 Å². The van der Waals surface area contributed by atoms with Crippen LogP contribution in [0.1, 0.15) is 57.7 Å². The number of fused-ring (bicyclic) bond motifs is 1. The van der Waals surface area contributed by atoms with Crippen LogP contribution in [-0.4, -0.2) is 70.4 Å². The van der Waals surface area contributed by atoms with E-state index >= 15 is 0 Å². The summed E-state index contributed by atoms with van der Waals surface area (Å²) >= 11 is 0. The second kappa shape index (κ2) is 10.8. The number of amides is 1. The van der Waals surface area contributed by atoms with E-state index in [9.17, 15) is 9.59 Å². The van der Waals surface area contributed by atoms with Crippen LogP contribution >= 0.6 is 0 Å². The van der Waals surface area contributed by atoms with Crippen molar-refractivity contribution in [2.45, 2.75) is 71.5 Å². The summed E-state index contributed by atoms with van der Waals surface area (Å²) in [6, 6.07) is 8.14. The van der Waals surface area contributed by atoms with Crippen molar-refractivity contribution in [3.8, 4) is 0 Å². The lowest BCUT2D eigenvalue weighted by Crippen LogP contribution is -2.49. The Morgan fingerprint density at radius 2 is 2.03 bits per heavy atom. The van der Waals surface area contributed by atoms with Crippen LogP contribution in [0.2, 0.25) is 0 Å². The molecule has 2 fully saturated rings. The van der Waals surface area contributed by atoms with E-state index in [1.54, 1.807) is 6.92 Å². The van der Waals surface area contributed by atoms with Gasteiger partial charge in [0.05, 0.1) is 19.2 Å². The number of ether oxygens (including phenoxy) is 1. The third-order valence-corrected chi connectivity index (χ3v) is 7.54. The molecule has 2 aliphatic heterocycles. The van der Waals surface area contributed by atoms with Gasteiger partial charge < -0.3 is 19.9 Å². The van der Waals surface area contributed by atoms with Crippen molar-refractivity contribution in [1.29, 1.82) is 5.41 Å². The van der Waals surface area contributed by atoms with Crippen molar-refractivity contribution in [1.82, 2.24) is 14.4 Å². The first-order valence-corrected chi connectivity index (χ1v) is 13.0. The molecule has 2 aromatic rings. The highest BCUT2D eigenvalue weighted by Gasteiger charge is 2.40. The number of nitrogen functional groups attached to an aromatic ring is 1. The van der Waals surface area contributed by atoms with Crippen LogP contribution < -0.4 is 5.73 Å². The molecule has 8 nitrogen and oxygen atoms in total. The van der Waals surface area contributed by atoms with Gasteiger partial charge in [-0.2, -0.15) is 0 Å². The summed E-state index contributed by atoms with van der Waals surface area (Å²) in [7, 11) is 0. The van der Waals surface area contributed by atoms with Crippen molar-refractivity contribution in [3.05, 3.63) is 35.5 Å². The topological polar surface area (TPSA) is 105 Å². The van der Waals surface area contributed by atoms with E-state index in [1.807, 2.05) is 23.1 Å². The maximum atomic E-state index is 13.6. The molecule has 35 heavy (non-hydrogen) atoms. The summed E-state index contributed by atoms with van der Waals surface area (Å²) in [5.41, 5.74) is 8.80. The zero-order valence-corrected chi connectivity index (χ0v) is 21.3. The summed E-state index contributed by atoms with van der Waals surface area (Å²) in [5.74, 6) is 0.469. The molecular formula is C27H39N5O3. The minimum Gasteiger partial charge on any atom is -0.465 e. The third kappa shape index (κ3) is 5.37. The Morgan fingerprint density at radius 1 is 1.23 bits per heavy atom. The molecule has 3 unspecified atom stereocenters. The SMILES string of the molecule is CCOC(=O)CN1CCCC1C(=O)N1CC(C)CC1CCc1cc2ccc(C(=N)N)cc2n1CC. The summed E-state index contributed by atoms with van der Waals surface area (Å²) < 4.78 is 7.42. The molecule has 2 aliphatic rings. The monoisotopic (exact) mass is 481 g/mol. The number of rotatable bonds is 9. The number of aryl methyl sites for hydroxylation is 2. The lowest BCUT2D eigenvalue weighted by Gasteiger charge is -2.31. The number of carbonyl (C=O) groups is 2. The number of benzene rings is 1. The third-order valence-electron chi connectivity index (χ3n) is 7.54. The molecule has 0 bridgehead atoms. The molecule has 0 spiro atoms. The van der Waals surface area contributed by atoms with Crippen LogP contribution in [0.4, 0.5) is 0 Å². The zero-order chi connectivity index (χ0) is 25.1. The minimum absolute atomic E-state index is 0.0790. The predicted molar refractivity (Wildman–Crippen MR) is 137 cm³/mol. The molecule has 0 radical (unpaired) electrons. The van der Waals surface area contributed by atoms with Gasteiger partial charge in [0.25, 0.3) is 0 Å². The standard InChI is InChI=1S/C27H39N5O3/c1-4-31-22(14-19-8-9-20(26(28)29)15-24(19)31)11-10-21-13-18(3)16-32(21)27(34)23-7-6-12-30(23)17-25(33)35-5-2/h8-9,14-15,18,21,23H,4-7,10-13,16-17H2,1-3H3,(H3,28,29). The maximum Gasteiger partial charge on any atom is 0.320 e. The molecule has 1 aromatic heterocycles. The van der Waals surface area contributed by atoms with Crippen molar-refractivity contribution in [3.63, 3.8) is 0 Å². The van der Waals surface area contributed by atoms with Gasteiger partial charge in [-0.25, -0.2) is 0 Å². The quantitative estimate of drug-likeness (QED) is 0.325. The van der Waals surface area contributed by atoms with Gasteiger partial charge in [0.1, 0.15) is 5.84 Å². The fourth-order valence-electron chi connectivity index (χ4n) is 5.93. The smallest absolute Gasteiger partial charge is 0.320 e. The number of nitrogens with zero attached hydrogens (tertiary/aromatic N) is 3. The summed E-state index contributed by atoms with van der Waals surface area (Å²) in [5, 5.41) is 8.92. The van der Waals surface area contributed by atoms with Gasteiger partial charge in [-0.1, -0.05) is 19.1 Å². The molecule has 0 aliphatic carbocycles. The van der Waals surface area contributed by atoms with Crippen molar-refractivity contribution in [2.24, 2.45) is 11.7 Å². The first kappa shape index (κ1) is 25.2. The predicted octanol–water partition coefficient (Wildman–Crippen LogP) is 3.14. The summed E-state index contributed by atoms with van der Waals surface area (Å²) in [4.78, 5) is 29.8. The van der Waals surface area contributed by atoms with E-state index in [1.165, 1.54) is 5.69 Å². The van der Waals surface area contributed by atoms with Crippen molar-refractivity contribution in [2.75, 3.05) is 26.2 Å². The maximum absolute atomic E-state index is 13.6. The molecule has 3 N–H and O–H groups in total. The highest BCUT2D eigenvalue weighted by Crippen LogP contribution is 2.31. The number of aromatic nitrogens is 1. The Labute approximate surface area is 207 Å². The molecule has 1 amide bonds. The molecule has 3 heterocycles. The fraction of sp³-hybridized carbons (Fsp3) is 0.593. The number of amidine groups is 1. The van der Waals surface area contributed by atoms with Crippen molar-refractivity contribution >= 4 is 28.6 Å². The lowest BCUT2D eigenvalue weighted by atomic mass is 10.0. The summed E-state index contributed by atoms with van der Waals surface area (Å²) in [6.45, 7) is 9.11. The van der Waals surface area contributed by atoms with Gasteiger partial charge in [-0.05, 0) is 75.9 Å². The van der Waals surface area contributed by atoms with Crippen LogP contribution in [-0.2, 0) is 27.3 Å². The molecule has 3 atom stereocenters. The van der Waals surface area contributed by atoms with E-state index in [-0.39, 0.29) is 36.3 Å². The molecule has 190 valence electrons. The largest absolute Gasteiger partial charge is 0.465 e. The van der Waals surface area contributed by atoms with Gasteiger partial charge in [0.2, 0.25) is 5.91 Å². The average Bonchev–Trinajstić information content (AvgIpc) is 3.53. The van der Waals surface area contributed by atoms with E-state index in [2.05, 4.69) is 29.4 Å². The number of carbonyl (C=O) groups excluding carboxylic acids is 2. The first-order valence-electron chi connectivity index (χ1n) is 13.0. The molecule has 4 rings (SSSR count). The first-order chi connectivity index (χ1) is 16.8. The lowest BCUT2D eigenvalue weighted by molar-refractivity contribution is -0.146. The van der Waals surface area contributed by atoms with E-state index in [0.717, 1.165) is 68.2 Å². The van der Waals surface area contributed by atoms with Crippen LogP contribution in [0.3, 0.4) is 0 Å². The van der Waals surface area contributed by atoms with Crippen LogP contribution in [0.5, 0.6) is 0 Å². The van der Waals surface area contributed by atoms with Crippen LogP contribution in [0.25, 0.3) is 10.9 Å². The Hall–Kier alpha value is -2.87. The highest BCUT2D eigenvalue weighted by atomic mass is 16.5. The summed E-state index contributed by atoms with van der Waals surface area (Å²) in [6.07, 6.45) is 4.55. The number of likely N-dealkylation sites (tertiary alicyclic amines) is 2. The Morgan fingerprint density at radius 3 is 2.74 bits per heavy atom. The second-order valence-electron chi connectivity index (χ2n) is 10.0. The number of esters is 1. The Kier molecular flexibility index (Phi) is 7.79. The second-order valence-corrected chi connectivity index (χ2v) is 10.0. The van der Waals surface area contributed by atoms with Gasteiger partial charge in [-0.15, -0.1) is 0 Å². The van der Waals surface area contributed by atoms with E-state index in [4.69, 9.17) is 15.9 Å². The normalized spacial score (nSPS) is 22.7. The van der Waals surface area contributed by atoms with Gasteiger partial charge in [-0.3, -0.25) is 19.9 Å². The highest BCUT2D eigenvalue weighted by molar-refractivity contribution is 5.98. The Balaban J connectivity index is 1.47. The molecular weight excluding hydrogens is 442 g/mol. The van der Waals surface area contributed by atoms with Gasteiger partial charge in [0, 0.05) is 35.9 Å². The molecule has 8 heteroatoms. The fourth-order valence-corrected chi connectivity index (χ4v) is 5.93. The molecule has 1 aromatic carbocycles. The van der Waals surface area contributed by atoms with E-state index in [0.29, 0.717) is 12.5 Å². The zero-order valence-electron chi connectivity index (χ0n) is 21.3. The van der Waals surface area contributed by atoms with Crippen LogP contribution in [0, 0.1) is 11.3 Å². The average molecular weight is 482 g/mol. The van der Waals surface area contributed by atoms with Crippen molar-refractivity contribution < 1.29 is 14.3 Å². The number of hydrogen-bond acceptors (Lipinski definition) is 5. The van der Waals surface area contributed by atoms with Gasteiger partial charge in [0.15, 0.2) is 0 Å². The molecule has 2 saturated heterocycles. The van der Waals surface area contributed by atoms with Crippen LogP contribution in [0.15, 0.2) is 24.3 Å². The number of nitrogens with two attached hydrogens (primary N) is 1. The number of nitrogens with one attached hydrogen (secondary N) is 1. The number of hydrogen-bond donors (Lipinski definition) is 2. The Bertz CT molecular complexity index is 1090.